The van der Waals surface area contributed by atoms with Gasteiger partial charge in [0.25, 0.3) is 0 Å². The van der Waals surface area contributed by atoms with Crippen molar-refractivity contribution in [2.24, 2.45) is 0 Å². The molecule has 0 bridgehead atoms. The van der Waals surface area contributed by atoms with Crippen molar-refractivity contribution < 1.29 is 13.2 Å². The van der Waals surface area contributed by atoms with E-state index in [4.69, 9.17) is 0 Å². The van der Waals surface area contributed by atoms with Crippen molar-refractivity contribution in [3.63, 3.8) is 0 Å². The van der Waals surface area contributed by atoms with Gasteiger partial charge in [0, 0.05) is 11.1 Å². The Morgan fingerprint density at radius 3 is 1.38 bits per heavy atom. The fourth-order valence-corrected chi connectivity index (χ4v) is 2.81. The standard InChI is InChI=1S/C22H20F3N/c1-3-15-5-9-17(10-6-15)20-13-19(22(23,24)25)14-21(26-20)18-11-7-16(4-2)8-12-18/h5-14H,3-4H2,1-2H3. The van der Waals surface area contributed by atoms with Crippen molar-refractivity contribution in [3.05, 3.63) is 77.4 Å². The third-order valence-electron chi connectivity index (χ3n) is 4.47. The van der Waals surface area contributed by atoms with Crippen LogP contribution in [0.1, 0.15) is 30.5 Å². The molecule has 3 aromatic rings. The van der Waals surface area contributed by atoms with Gasteiger partial charge in [0.2, 0.25) is 0 Å². The highest BCUT2D eigenvalue weighted by Gasteiger charge is 2.31. The van der Waals surface area contributed by atoms with Gasteiger partial charge in [-0.15, -0.1) is 0 Å². The fraction of sp³-hybridized carbons (Fsp3) is 0.227. The number of aromatic nitrogens is 1. The summed E-state index contributed by atoms with van der Waals surface area (Å²) in [6.45, 7) is 4.07. The summed E-state index contributed by atoms with van der Waals surface area (Å²) in [7, 11) is 0. The summed E-state index contributed by atoms with van der Waals surface area (Å²) in [5, 5.41) is 0. The molecule has 0 fully saturated rings. The van der Waals surface area contributed by atoms with E-state index in [9.17, 15) is 13.2 Å². The zero-order valence-electron chi connectivity index (χ0n) is 14.8. The van der Waals surface area contributed by atoms with Gasteiger partial charge in [0.15, 0.2) is 0 Å². The summed E-state index contributed by atoms with van der Waals surface area (Å²) in [5.41, 5.74) is 3.61. The quantitative estimate of drug-likeness (QED) is 0.516. The minimum atomic E-state index is -4.42. The molecule has 3 rings (SSSR count). The lowest BCUT2D eigenvalue weighted by atomic mass is 10.0. The molecule has 0 radical (unpaired) electrons. The molecular weight excluding hydrogens is 335 g/mol. The number of rotatable bonds is 4. The first kappa shape index (κ1) is 18.2. The van der Waals surface area contributed by atoms with Crippen LogP contribution in [-0.2, 0) is 19.0 Å². The maximum atomic E-state index is 13.4. The Hall–Kier alpha value is -2.62. The van der Waals surface area contributed by atoms with Gasteiger partial charge < -0.3 is 0 Å². The minimum Gasteiger partial charge on any atom is -0.248 e. The number of nitrogens with zero attached hydrogens (tertiary/aromatic N) is 1. The molecule has 1 heterocycles. The molecule has 26 heavy (non-hydrogen) atoms. The molecule has 0 aliphatic rings. The van der Waals surface area contributed by atoms with Crippen LogP contribution in [0, 0.1) is 0 Å². The molecule has 0 atom stereocenters. The molecule has 4 heteroatoms. The summed E-state index contributed by atoms with van der Waals surface area (Å²) < 4.78 is 40.2. The second-order valence-corrected chi connectivity index (χ2v) is 6.23. The molecule has 134 valence electrons. The number of hydrogen-bond acceptors (Lipinski definition) is 1. The van der Waals surface area contributed by atoms with E-state index in [1.54, 1.807) is 0 Å². The van der Waals surface area contributed by atoms with Crippen LogP contribution in [0.5, 0.6) is 0 Å². The van der Waals surface area contributed by atoms with Crippen molar-refractivity contribution >= 4 is 0 Å². The molecule has 0 amide bonds. The van der Waals surface area contributed by atoms with Gasteiger partial charge in [-0.05, 0) is 36.1 Å². The fourth-order valence-electron chi connectivity index (χ4n) is 2.81. The van der Waals surface area contributed by atoms with E-state index in [1.165, 1.54) is 0 Å². The summed E-state index contributed by atoms with van der Waals surface area (Å²) in [4.78, 5) is 4.50. The van der Waals surface area contributed by atoms with Gasteiger partial charge in [-0.2, -0.15) is 13.2 Å². The number of alkyl halides is 3. The highest BCUT2D eigenvalue weighted by molar-refractivity contribution is 5.68. The van der Waals surface area contributed by atoms with Crippen molar-refractivity contribution in [2.75, 3.05) is 0 Å². The van der Waals surface area contributed by atoms with E-state index in [1.807, 2.05) is 62.4 Å². The number of halogens is 3. The lowest BCUT2D eigenvalue weighted by molar-refractivity contribution is -0.137. The SMILES string of the molecule is CCc1ccc(-c2cc(C(F)(F)F)cc(-c3ccc(CC)cc3)n2)cc1. The predicted molar refractivity (Wildman–Crippen MR) is 98.9 cm³/mol. The second-order valence-electron chi connectivity index (χ2n) is 6.23. The van der Waals surface area contributed by atoms with Crippen LogP contribution in [0.3, 0.4) is 0 Å². The minimum absolute atomic E-state index is 0.331. The van der Waals surface area contributed by atoms with Crippen LogP contribution in [0.15, 0.2) is 60.7 Å². The molecule has 1 aromatic heterocycles. The molecule has 1 nitrogen and oxygen atoms in total. The Kier molecular flexibility index (Phi) is 5.12. The molecule has 0 spiro atoms. The summed E-state index contributed by atoms with van der Waals surface area (Å²) in [6.07, 6.45) is -2.66. The van der Waals surface area contributed by atoms with Crippen LogP contribution in [0.25, 0.3) is 22.5 Å². The molecule has 0 saturated heterocycles. The highest BCUT2D eigenvalue weighted by atomic mass is 19.4. The largest absolute Gasteiger partial charge is 0.416 e. The van der Waals surface area contributed by atoms with E-state index in [-0.39, 0.29) is 0 Å². The zero-order valence-corrected chi connectivity index (χ0v) is 14.8. The van der Waals surface area contributed by atoms with Crippen molar-refractivity contribution in [3.8, 4) is 22.5 Å². The number of aryl methyl sites for hydroxylation is 2. The highest BCUT2D eigenvalue weighted by Crippen LogP contribution is 2.34. The summed E-state index contributed by atoms with van der Waals surface area (Å²) >= 11 is 0. The molecule has 0 aliphatic heterocycles. The number of hydrogen-bond donors (Lipinski definition) is 0. The molecule has 0 unspecified atom stereocenters. The Balaban J connectivity index is 2.11. The van der Waals surface area contributed by atoms with Crippen molar-refractivity contribution in [1.82, 2.24) is 4.98 Å². The van der Waals surface area contributed by atoms with E-state index < -0.39 is 11.7 Å². The maximum Gasteiger partial charge on any atom is 0.416 e. The van der Waals surface area contributed by atoms with Gasteiger partial charge in [-0.1, -0.05) is 62.4 Å². The average Bonchev–Trinajstić information content (AvgIpc) is 2.67. The first-order valence-corrected chi connectivity index (χ1v) is 8.68. The Labute approximate surface area is 151 Å². The first-order chi connectivity index (χ1) is 12.4. The van der Waals surface area contributed by atoms with E-state index in [0.29, 0.717) is 22.5 Å². The monoisotopic (exact) mass is 355 g/mol. The lowest BCUT2D eigenvalue weighted by Crippen LogP contribution is -2.06. The number of benzene rings is 2. The molecule has 0 saturated carbocycles. The smallest absolute Gasteiger partial charge is 0.248 e. The molecule has 0 aliphatic carbocycles. The van der Waals surface area contributed by atoms with Gasteiger partial charge in [0.1, 0.15) is 0 Å². The van der Waals surface area contributed by atoms with Crippen LogP contribution in [0.4, 0.5) is 13.2 Å². The van der Waals surface area contributed by atoms with Gasteiger partial charge in [-0.25, -0.2) is 4.98 Å². The maximum absolute atomic E-state index is 13.4. The van der Waals surface area contributed by atoms with Crippen LogP contribution >= 0.6 is 0 Å². The molecule has 0 N–H and O–H groups in total. The average molecular weight is 355 g/mol. The molecular formula is C22H20F3N. The Morgan fingerprint density at radius 1 is 0.692 bits per heavy atom. The van der Waals surface area contributed by atoms with Crippen molar-refractivity contribution in [2.45, 2.75) is 32.9 Å². The predicted octanol–water partition coefficient (Wildman–Crippen LogP) is 6.56. The van der Waals surface area contributed by atoms with Crippen LogP contribution in [-0.4, -0.2) is 4.98 Å². The van der Waals surface area contributed by atoms with E-state index in [2.05, 4.69) is 4.98 Å². The third-order valence-corrected chi connectivity index (χ3v) is 4.47. The van der Waals surface area contributed by atoms with E-state index >= 15 is 0 Å². The van der Waals surface area contributed by atoms with E-state index in [0.717, 1.165) is 36.1 Å². The Bertz CT molecular complexity index is 813. The van der Waals surface area contributed by atoms with Crippen molar-refractivity contribution in [1.29, 1.82) is 0 Å². The van der Waals surface area contributed by atoms with Crippen LogP contribution in [0.2, 0.25) is 0 Å². The number of pyridine rings is 1. The second kappa shape index (κ2) is 7.32. The summed E-state index contributed by atoms with van der Waals surface area (Å²) in [5.74, 6) is 0. The van der Waals surface area contributed by atoms with Gasteiger partial charge in [-0.3, -0.25) is 0 Å². The van der Waals surface area contributed by atoms with Gasteiger partial charge in [0.05, 0.1) is 17.0 Å². The normalized spacial score (nSPS) is 11.6. The Morgan fingerprint density at radius 2 is 1.08 bits per heavy atom. The zero-order chi connectivity index (χ0) is 18.7. The first-order valence-electron chi connectivity index (χ1n) is 8.68. The third kappa shape index (κ3) is 3.96. The van der Waals surface area contributed by atoms with Gasteiger partial charge >= 0.3 is 6.18 Å². The van der Waals surface area contributed by atoms with Crippen LogP contribution < -0.4 is 0 Å². The topological polar surface area (TPSA) is 12.9 Å². The molecule has 2 aromatic carbocycles. The summed E-state index contributed by atoms with van der Waals surface area (Å²) in [6, 6.07) is 17.2. The lowest BCUT2D eigenvalue weighted by Gasteiger charge is -2.12.